The molecule has 2 aliphatic rings. The van der Waals surface area contributed by atoms with Crippen molar-refractivity contribution in [2.75, 3.05) is 51.4 Å². The first kappa shape index (κ1) is 19.1. The number of halogens is 1. The van der Waals surface area contributed by atoms with Crippen LogP contribution in [0.15, 0.2) is 27.6 Å². The standard InChI is InChI=1S/C16H23BrN2O5S/c17-13-2-3-16(14(8-13)18-4-1-6-20)25(21,22)19-5-7-24-15-11-23-10-12(15)9-19/h2-3,8,12,15,18,20H,1,4-7,9-11H2/t12-,15+/m0/s1. The van der Waals surface area contributed by atoms with Crippen LogP contribution in [-0.2, 0) is 19.5 Å². The fourth-order valence-electron chi connectivity index (χ4n) is 3.12. The molecule has 0 amide bonds. The van der Waals surface area contributed by atoms with Crippen LogP contribution in [0.1, 0.15) is 6.42 Å². The van der Waals surface area contributed by atoms with Gasteiger partial charge in [0.05, 0.1) is 31.6 Å². The molecule has 0 spiro atoms. The Morgan fingerprint density at radius 2 is 2.20 bits per heavy atom. The average molecular weight is 435 g/mol. The van der Waals surface area contributed by atoms with Gasteiger partial charge in [0.25, 0.3) is 0 Å². The number of nitrogens with zero attached hydrogens (tertiary/aromatic N) is 1. The van der Waals surface area contributed by atoms with Crippen molar-refractivity contribution in [2.45, 2.75) is 17.4 Å². The monoisotopic (exact) mass is 434 g/mol. The molecule has 7 nitrogen and oxygen atoms in total. The minimum atomic E-state index is -3.66. The molecule has 25 heavy (non-hydrogen) atoms. The summed E-state index contributed by atoms with van der Waals surface area (Å²) in [7, 11) is -3.66. The molecule has 0 bridgehead atoms. The van der Waals surface area contributed by atoms with Crippen LogP contribution in [-0.4, -0.2) is 70.0 Å². The molecular formula is C16H23BrN2O5S. The zero-order chi connectivity index (χ0) is 17.9. The van der Waals surface area contributed by atoms with Gasteiger partial charge in [-0.3, -0.25) is 0 Å². The Balaban J connectivity index is 1.85. The van der Waals surface area contributed by atoms with Crippen molar-refractivity contribution in [3.63, 3.8) is 0 Å². The highest BCUT2D eigenvalue weighted by Crippen LogP contribution is 2.30. The van der Waals surface area contributed by atoms with E-state index >= 15 is 0 Å². The van der Waals surface area contributed by atoms with Gasteiger partial charge in [-0.2, -0.15) is 4.31 Å². The van der Waals surface area contributed by atoms with Crippen molar-refractivity contribution < 1.29 is 23.0 Å². The number of hydrogen-bond acceptors (Lipinski definition) is 6. The summed E-state index contributed by atoms with van der Waals surface area (Å²) in [6.45, 7) is 2.71. The van der Waals surface area contributed by atoms with Gasteiger partial charge < -0.3 is 19.9 Å². The predicted molar refractivity (Wildman–Crippen MR) is 97.1 cm³/mol. The number of hydrogen-bond donors (Lipinski definition) is 2. The molecule has 0 saturated carbocycles. The van der Waals surface area contributed by atoms with Crippen LogP contribution in [0, 0.1) is 5.92 Å². The smallest absolute Gasteiger partial charge is 0.245 e. The van der Waals surface area contributed by atoms with E-state index in [0.29, 0.717) is 51.6 Å². The number of nitrogens with one attached hydrogen (secondary N) is 1. The van der Waals surface area contributed by atoms with Crippen molar-refractivity contribution in [1.82, 2.24) is 4.31 Å². The molecule has 2 fully saturated rings. The number of sulfonamides is 1. The topological polar surface area (TPSA) is 88.1 Å². The fraction of sp³-hybridized carbons (Fsp3) is 0.625. The zero-order valence-electron chi connectivity index (χ0n) is 13.9. The lowest BCUT2D eigenvalue weighted by atomic mass is 10.1. The first-order chi connectivity index (χ1) is 12.0. The quantitative estimate of drug-likeness (QED) is 0.655. The molecule has 3 rings (SSSR count). The van der Waals surface area contributed by atoms with Crippen LogP contribution in [0.25, 0.3) is 0 Å². The summed E-state index contributed by atoms with van der Waals surface area (Å²) in [5.74, 6) is 0.0681. The van der Waals surface area contributed by atoms with Crippen molar-refractivity contribution in [3.05, 3.63) is 22.7 Å². The van der Waals surface area contributed by atoms with Crippen LogP contribution in [0.3, 0.4) is 0 Å². The normalized spacial score (nSPS) is 24.7. The lowest BCUT2D eigenvalue weighted by molar-refractivity contribution is 0.0401. The van der Waals surface area contributed by atoms with Gasteiger partial charge in [-0.05, 0) is 24.6 Å². The molecule has 2 heterocycles. The minimum absolute atomic E-state index is 0.0210. The minimum Gasteiger partial charge on any atom is -0.396 e. The van der Waals surface area contributed by atoms with E-state index in [9.17, 15) is 8.42 Å². The highest BCUT2D eigenvalue weighted by molar-refractivity contribution is 9.10. The molecule has 0 aliphatic carbocycles. The van der Waals surface area contributed by atoms with E-state index in [2.05, 4.69) is 21.2 Å². The van der Waals surface area contributed by atoms with E-state index in [-0.39, 0.29) is 23.5 Å². The van der Waals surface area contributed by atoms with Crippen molar-refractivity contribution in [3.8, 4) is 0 Å². The Morgan fingerprint density at radius 1 is 1.36 bits per heavy atom. The summed E-state index contributed by atoms with van der Waals surface area (Å²) in [5.41, 5.74) is 0.534. The molecular weight excluding hydrogens is 412 g/mol. The highest BCUT2D eigenvalue weighted by Gasteiger charge is 2.38. The fourth-order valence-corrected chi connectivity index (χ4v) is 5.11. The number of fused-ring (bicyclic) bond motifs is 1. The summed E-state index contributed by atoms with van der Waals surface area (Å²) < 4.78 is 39.9. The van der Waals surface area contributed by atoms with Gasteiger partial charge in [-0.25, -0.2) is 8.42 Å². The third kappa shape index (κ3) is 4.35. The van der Waals surface area contributed by atoms with Gasteiger partial charge in [-0.15, -0.1) is 0 Å². The molecule has 2 saturated heterocycles. The summed E-state index contributed by atoms with van der Waals surface area (Å²) in [4.78, 5) is 0.242. The van der Waals surface area contributed by atoms with Crippen molar-refractivity contribution >= 4 is 31.6 Å². The molecule has 2 atom stereocenters. The molecule has 0 radical (unpaired) electrons. The van der Waals surface area contributed by atoms with Crippen LogP contribution in [0.5, 0.6) is 0 Å². The Kier molecular flexibility index (Phi) is 6.35. The molecule has 1 aromatic carbocycles. The van der Waals surface area contributed by atoms with Gasteiger partial charge in [0.1, 0.15) is 4.90 Å². The Bertz CT molecular complexity index is 700. The van der Waals surface area contributed by atoms with E-state index in [4.69, 9.17) is 14.6 Å². The third-order valence-electron chi connectivity index (χ3n) is 4.46. The molecule has 0 unspecified atom stereocenters. The van der Waals surface area contributed by atoms with Crippen LogP contribution < -0.4 is 5.32 Å². The van der Waals surface area contributed by atoms with Gasteiger partial charge in [0.2, 0.25) is 10.0 Å². The Hall–Kier alpha value is -0.710. The zero-order valence-corrected chi connectivity index (χ0v) is 16.3. The van der Waals surface area contributed by atoms with Gasteiger partial charge in [0, 0.05) is 36.6 Å². The maximum atomic E-state index is 13.2. The summed E-state index contributed by atoms with van der Waals surface area (Å²) in [6, 6.07) is 5.08. The lowest BCUT2D eigenvalue weighted by Crippen LogP contribution is -2.37. The molecule has 1 aromatic rings. The number of aliphatic hydroxyl groups is 1. The summed E-state index contributed by atoms with van der Waals surface area (Å²) in [5, 5.41) is 12.1. The number of ether oxygens (including phenoxy) is 2. The second-order valence-electron chi connectivity index (χ2n) is 6.21. The van der Waals surface area contributed by atoms with E-state index in [1.165, 1.54) is 4.31 Å². The third-order valence-corrected chi connectivity index (χ3v) is 6.88. The van der Waals surface area contributed by atoms with Crippen molar-refractivity contribution in [2.24, 2.45) is 5.92 Å². The molecule has 140 valence electrons. The Labute approximate surface area is 156 Å². The maximum Gasteiger partial charge on any atom is 0.245 e. The first-order valence-corrected chi connectivity index (χ1v) is 10.6. The highest BCUT2D eigenvalue weighted by atomic mass is 79.9. The number of rotatable bonds is 6. The van der Waals surface area contributed by atoms with Gasteiger partial charge >= 0.3 is 0 Å². The Morgan fingerprint density at radius 3 is 3.00 bits per heavy atom. The molecule has 2 aliphatic heterocycles. The first-order valence-electron chi connectivity index (χ1n) is 8.36. The summed E-state index contributed by atoms with van der Waals surface area (Å²) >= 11 is 3.38. The van der Waals surface area contributed by atoms with E-state index in [1.54, 1.807) is 18.2 Å². The predicted octanol–water partition coefficient (Wildman–Crippen LogP) is 1.28. The number of benzene rings is 1. The maximum absolute atomic E-state index is 13.2. The lowest BCUT2D eigenvalue weighted by Gasteiger charge is -2.24. The van der Waals surface area contributed by atoms with E-state index in [1.807, 2.05) is 0 Å². The molecule has 2 N–H and O–H groups in total. The second-order valence-corrected chi connectivity index (χ2v) is 9.04. The molecule has 9 heteroatoms. The van der Waals surface area contributed by atoms with E-state index < -0.39 is 10.0 Å². The number of aliphatic hydroxyl groups excluding tert-OH is 1. The number of anilines is 1. The van der Waals surface area contributed by atoms with Gasteiger partial charge in [-0.1, -0.05) is 15.9 Å². The van der Waals surface area contributed by atoms with Crippen molar-refractivity contribution in [1.29, 1.82) is 0 Å². The second kappa shape index (κ2) is 8.32. The van der Waals surface area contributed by atoms with E-state index in [0.717, 1.165) is 4.47 Å². The van der Waals surface area contributed by atoms with Crippen LogP contribution in [0.4, 0.5) is 5.69 Å². The van der Waals surface area contributed by atoms with Crippen LogP contribution in [0.2, 0.25) is 0 Å². The molecule has 0 aromatic heterocycles. The SMILES string of the molecule is O=S(=O)(c1ccc(Br)cc1NCCCO)N1CCO[C@@H]2COC[C@@H]2C1. The summed E-state index contributed by atoms with van der Waals surface area (Å²) in [6.07, 6.45) is 0.525. The van der Waals surface area contributed by atoms with Gasteiger partial charge in [0.15, 0.2) is 0 Å². The average Bonchev–Trinajstić information content (AvgIpc) is 2.91. The van der Waals surface area contributed by atoms with Crippen LogP contribution >= 0.6 is 15.9 Å². The largest absolute Gasteiger partial charge is 0.396 e.